The standard InChI is InChI=1S/C10H10N2O7S2/c13-9-2-1-6(3-7(9)12(16)17)21(18,19)11-5-20-4-8(11)10(14)15/h1-3,8,13H,4-5H2,(H,14,15)/t8-/m0/s1. The predicted octanol–water partition coefficient (Wildman–Crippen LogP) is 0.449. The van der Waals surface area contributed by atoms with Crippen molar-refractivity contribution < 1.29 is 28.3 Å². The highest BCUT2D eigenvalue weighted by atomic mass is 32.2. The van der Waals surface area contributed by atoms with Gasteiger partial charge in [0.25, 0.3) is 0 Å². The Morgan fingerprint density at radius 1 is 1.48 bits per heavy atom. The minimum Gasteiger partial charge on any atom is -0.502 e. The molecule has 0 amide bonds. The molecule has 11 heteroatoms. The van der Waals surface area contributed by atoms with Gasteiger partial charge in [0.1, 0.15) is 6.04 Å². The Hall–Kier alpha value is -1.85. The van der Waals surface area contributed by atoms with Crippen molar-refractivity contribution in [3.63, 3.8) is 0 Å². The Bertz CT molecular complexity index is 703. The lowest BCUT2D eigenvalue weighted by Gasteiger charge is -2.19. The molecule has 0 radical (unpaired) electrons. The number of nitrogens with zero attached hydrogens (tertiary/aromatic N) is 2. The first kappa shape index (κ1) is 15.5. The maximum absolute atomic E-state index is 12.4. The Labute approximate surface area is 123 Å². The Kier molecular flexibility index (Phi) is 4.07. The summed E-state index contributed by atoms with van der Waals surface area (Å²) in [6, 6.07) is 1.39. The zero-order valence-corrected chi connectivity index (χ0v) is 12.0. The first-order valence-corrected chi connectivity index (χ1v) is 8.14. The average Bonchev–Trinajstić information content (AvgIpc) is 2.88. The molecular weight excluding hydrogens is 324 g/mol. The monoisotopic (exact) mass is 334 g/mol. The van der Waals surface area contributed by atoms with E-state index in [1.54, 1.807) is 0 Å². The summed E-state index contributed by atoms with van der Waals surface area (Å²) in [4.78, 5) is 20.4. The summed E-state index contributed by atoms with van der Waals surface area (Å²) < 4.78 is 25.5. The van der Waals surface area contributed by atoms with E-state index in [1.165, 1.54) is 0 Å². The largest absolute Gasteiger partial charge is 0.502 e. The van der Waals surface area contributed by atoms with Gasteiger partial charge < -0.3 is 10.2 Å². The first-order valence-electron chi connectivity index (χ1n) is 5.55. The fourth-order valence-corrected chi connectivity index (χ4v) is 4.96. The smallest absolute Gasteiger partial charge is 0.322 e. The summed E-state index contributed by atoms with van der Waals surface area (Å²) in [6.07, 6.45) is 0. The molecule has 0 aromatic heterocycles. The lowest BCUT2D eigenvalue weighted by atomic mass is 10.3. The summed E-state index contributed by atoms with van der Waals surface area (Å²) in [5.74, 6) is -1.88. The quantitative estimate of drug-likeness (QED) is 0.598. The van der Waals surface area contributed by atoms with Crippen LogP contribution in [0, 0.1) is 10.1 Å². The van der Waals surface area contributed by atoms with E-state index in [0.29, 0.717) is 6.07 Å². The summed E-state index contributed by atoms with van der Waals surface area (Å²) >= 11 is 1.14. The number of carbonyl (C=O) groups is 1. The molecule has 0 saturated carbocycles. The number of phenols is 1. The fraction of sp³-hybridized carbons (Fsp3) is 0.300. The Morgan fingerprint density at radius 3 is 2.71 bits per heavy atom. The SMILES string of the molecule is O=C(O)[C@@H]1CSCN1S(=O)(=O)c1ccc(O)c([N+](=O)[O-])c1. The molecular formula is C10H10N2O7S2. The number of phenolic OH excluding ortho intramolecular Hbond substituents is 1. The van der Waals surface area contributed by atoms with Crippen LogP contribution in [0.1, 0.15) is 0 Å². The lowest BCUT2D eigenvalue weighted by Crippen LogP contribution is -2.41. The van der Waals surface area contributed by atoms with Crippen LogP contribution in [0.15, 0.2) is 23.1 Å². The van der Waals surface area contributed by atoms with Gasteiger partial charge in [0, 0.05) is 11.8 Å². The second-order valence-corrected chi connectivity index (χ2v) is 7.04. The Morgan fingerprint density at radius 2 is 2.14 bits per heavy atom. The summed E-state index contributed by atoms with van der Waals surface area (Å²) in [5.41, 5.74) is -0.755. The molecule has 114 valence electrons. The number of hydrogen-bond donors (Lipinski definition) is 2. The minimum atomic E-state index is -4.19. The van der Waals surface area contributed by atoms with Gasteiger partial charge in [-0.2, -0.15) is 4.31 Å². The number of thioether (sulfide) groups is 1. The summed E-state index contributed by atoms with van der Waals surface area (Å²) in [7, 11) is -4.19. The number of hydrogen-bond acceptors (Lipinski definition) is 7. The van der Waals surface area contributed by atoms with Crippen LogP contribution in [-0.4, -0.2) is 51.5 Å². The normalized spacial score (nSPS) is 19.5. The van der Waals surface area contributed by atoms with Crippen molar-refractivity contribution in [2.24, 2.45) is 0 Å². The zero-order chi connectivity index (χ0) is 15.8. The van der Waals surface area contributed by atoms with Crippen LogP contribution in [0.3, 0.4) is 0 Å². The number of sulfonamides is 1. The van der Waals surface area contributed by atoms with Crippen LogP contribution in [0.4, 0.5) is 5.69 Å². The van der Waals surface area contributed by atoms with Crippen LogP contribution >= 0.6 is 11.8 Å². The summed E-state index contributed by atoms with van der Waals surface area (Å²) in [6.45, 7) is 0. The number of benzene rings is 1. The minimum absolute atomic E-state index is 0.0476. The van der Waals surface area contributed by atoms with E-state index in [1.807, 2.05) is 0 Å². The van der Waals surface area contributed by atoms with Crippen LogP contribution in [0.2, 0.25) is 0 Å². The third kappa shape index (κ3) is 2.80. The second-order valence-electron chi connectivity index (χ2n) is 4.15. The Balaban J connectivity index is 2.47. The van der Waals surface area contributed by atoms with E-state index in [9.17, 15) is 28.4 Å². The van der Waals surface area contributed by atoms with Crippen molar-refractivity contribution in [2.75, 3.05) is 11.6 Å². The van der Waals surface area contributed by atoms with Crippen molar-refractivity contribution in [3.8, 4) is 5.75 Å². The highest BCUT2D eigenvalue weighted by molar-refractivity contribution is 8.00. The van der Waals surface area contributed by atoms with E-state index in [2.05, 4.69) is 0 Å². The number of carboxylic acids is 1. The number of nitro groups is 1. The fourth-order valence-electron chi connectivity index (χ4n) is 1.80. The third-order valence-electron chi connectivity index (χ3n) is 2.88. The van der Waals surface area contributed by atoms with Crippen molar-refractivity contribution in [3.05, 3.63) is 28.3 Å². The van der Waals surface area contributed by atoms with E-state index in [4.69, 9.17) is 5.11 Å². The van der Waals surface area contributed by atoms with Crippen molar-refractivity contribution in [2.45, 2.75) is 10.9 Å². The molecule has 0 bridgehead atoms. The number of aliphatic carboxylic acids is 1. The van der Waals surface area contributed by atoms with Crippen molar-refractivity contribution in [1.29, 1.82) is 0 Å². The van der Waals surface area contributed by atoms with E-state index >= 15 is 0 Å². The van der Waals surface area contributed by atoms with Gasteiger partial charge in [0.2, 0.25) is 10.0 Å². The van der Waals surface area contributed by atoms with Crippen molar-refractivity contribution in [1.82, 2.24) is 4.31 Å². The second kappa shape index (κ2) is 5.50. The van der Waals surface area contributed by atoms with E-state index < -0.39 is 43.3 Å². The van der Waals surface area contributed by atoms with Crippen molar-refractivity contribution >= 4 is 33.4 Å². The van der Waals surface area contributed by atoms with E-state index in [0.717, 1.165) is 28.2 Å². The maximum Gasteiger partial charge on any atom is 0.322 e. The molecule has 1 aromatic rings. The predicted molar refractivity (Wildman–Crippen MR) is 72.5 cm³/mol. The van der Waals surface area contributed by atoms with Crippen LogP contribution < -0.4 is 0 Å². The number of aromatic hydroxyl groups is 1. The molecule has 1 aromatic carbocycles. The van der Waals surface area contributed by atoms with Gasteiger partial charge in [-0.3, -0.25) is 14.9 Å². The van der Waals surface area contributed by atoms with Crippen LogP contribution in [0.5, 0.6) is 5.75 Å². The molecule has 1 saturated heterocycles. The number of nitro benzene ring substituents is 1. The zero-order valence-electron chi connectivity index (χ0n) is 10.4. The van der Waals surface area contributed by atoms with Gasteiger partial charge in [-0.05, 0) is 12.1 Å². The third-order valence-corrected chi connectivity index (χ3v) is 5.90. The van der Waals surface area contributed by atoms with E-state index in [-0.39, 0.29) is 11.6 Å². The molecule has 0 unspecified atom stereocenters. The van der Waals surface area contributed by atoms with Gasteiger partial charge in [0.05, 0.1) is 15.7 Å². The van der Waals surface area contributed by atoms with Gasteiger partial charge in [-0.15, -0.1) is 11.8 Å². The first-order chi connectivity index (χ1) is 9.75. The average molecular weight is 334 g/mol. The molecule has 1 fully saturated rings. The molecule has 2 rings (SSSR count). The van der Waals surface area contributed by atoms with Gasteiger partial charge in [-0.1, -0.05) is 0 Å². The molecule has 1 aliphatic heterocycles. The molecule has 1 aliphatic rings. The van der Waals surface area contributed by atoms with Gasteiger partial charge in [0.15, 0.2) is 5.75 Å². The van der Waals surface area contributed by atoms with Gasteiger partial charge in [-0.25, -0.2) is 8.42 Å². The highest BCUT2D eigenvalue weighted by Crippen LogP contribution is 2.33. The molecule has 21 heavy (non-hydrogen) atoms. The molecule has 0 spiro atoms. The van der Waals surface area contributed by atoms with Gasteiger partial charge >= 0.3 is 11.7 Å². The maximum atomic E-state index is 12.4. The molecule has 9 nitrogen and oxygen atoms in total. The topological polar surface area (TPSA) is 138 Å². The highest BCUT2D eigenvalue weighted by Gasteiger charge is 2.40. The molecule has 1 heterocycles. The molecule has 0 aliphatic carbocycles. The number of rotatable bonds is 4. The van der Waals surface area contributed by atoms with Crippen LogP contribution in [-0.2, 0) is 14.8 Å². The molecule has 2 N–H and O–H groups in total. The lowest BCUT2D eigenvalue weighted by molar-refractivity contribution is -0.386. The molecule has 1 atom stereocenters. The summed E-state index contributed by atoms with van der Waals surface area (Å²) in [5, 5.41) is 29.1. The van der Waals surface area contributed by atoms with Crippen LogP contribution in [0.25, 0.3) is 0 Å². The number of carboxylic acid groups (broad SMARTS) is 1.